The van der Waals surface area contributed by atoms with Gasteiger partial charge in [-0.2, -0.15) is 4.31 Å². The van der Waals surface area contributed by atoms with Gasteiger partial charge in [0.15, 0.2) is 0 Å². The molecule has 0 bridgehead atoms. The summed E-state index contributed by atoms with van der Waals surface area (Å²) in [6, 6.07) is 3.76. The van der Waals surface area contributed by atoms with Crippen molar-refractivity contribution in [1.29, 1.82) is 0 Å². The third kappa shape index (κ3) is 2.06. The predicted molar refractivity (Wildman–Crippen MR) is 70.2 cm³/mol. The first-order chi connectivity index (χ1) is 9.50. The largest absolute Gasteiger partial charge is 0.493 e. The fraction of sp³-hybridized carbons (Fsp3) is 0.462. The lowest BCUT2D eigenvalue weighted by atomic mass is 10.2. The van der Waals surface area contributed by atoms with E-state index in [1.54, 1.807) is 12.1 Å². The number of aliphatic carboxylic acids is 1. The summed E-state index contributed by atoms with van der Waals surface area (Å²) >= 11 is 0. The Hall–Kier alpha value is -1.60. The maximum atomic E-state index is 12.6. The minimum atomic E-state index is -3.76. The molecular weight excluding hydrogens is 282 g/mol. The van der Waals surface area contributed by atoms with Crippen molar-refractivity contribution < 1.29 is 23.1 Å². The van der Waals surface area contributed by atoms with Gasteiger partial charge in [-0.1, -0.05) is 0 Å². The fourth-order valence-electron chi connectivity index (χ4n) is 2.73. The van der Waals surface area contributed by atoms with Gasteiger partial charge in [-0.15, -0.1) is 0 Å². The molecule has 2 heterocycles. The van der Waals surface area contributed by atoms with Crippen LogP contribution < -0.4 is 4.74 Å². The molecule has 0 spiro atoms. The maximum absolute atomic E-state index is 12.6. The van der Waals surface area contributed by atoms with Gasteiger partial charge in [0.05, 0.1) is 11.5 Å². The van der Waals surface area contributed by atoms with Gasteiger partial charge in [-0.05, 0) is 36.6 Å². The monoisotopic (exact) mass is 297 g/mol. The number of rotatable bonds is 3. The van der Waals surface area contributed by atoms with Gasteiger partial charge >= 0.3 is 5.97 Å². The molecule has 2 aliphatic rings. The van der Waals surface area contributed by atoms with Crippen molar-refractivity contribution in [3.63, 3.8) is 0 Å². The summed E-state index contributed by atoms with van der Waals surface area (Å²) in [5.74, 6) is -0.379. The van der Waals surface area contributed by atoms with Crippen LogP contribution in [0.4, 0.5) is 0 Å². The molecule has 0 saturated carbocycles. The van der Waals surface area contributed by atoms with Gasteiger partial charge in [0, 0.05) is 13.0 Å². The topological polar surface area (TPSA) is 83.9 Å². The number of fused-ring (bicyclic) bond motifs is 1. The second-order valence-electron chi connectivity index (χ2n) is 4.98. The number of hydrogen-bond acceptors (Lipinski definition) is 4. The lowest BCUT2D eigenvalue weighted by Gasteiger charge is -2.21. The summed E-state index contributed by atoms with van der Waals surface area (Å²) in [5.41, 5.74) is 0.858. The van der Waals surface area contributed by atoms with Crippen molar-refractivity contribution in [2.45, 2.75) is 30.2 Å². The van der Waals surface area contributed by atoms with Crippen LogP contribution in [0.25, 0.3) is 0 Å². The Morgan fingerprint density at radius 1 is 1.40 bits per heavy atom. The highest BCUT2D eigenvalue weighted by Gasteiger charge is 2.39. The Labute approximate surface area is 117 Å². The van der Waals surface area contributed by atoms with E-state index >= 15 is 0 Å². The first-order valence-corrected chi connectivity index (χ1v) is 7.94. The van der Waals surface area contributed by atoms with Crippen molar-refractivity contribution in [3.05, 3.63) is 23.8 Å². The highest BCUT2D eigenvalue weighted by Crippen LogP contribution is 2.31. The minimum Gasteiger partial charge on any atom is -0.493 e. The zero-order chi connectivity index (χ0) is 14.3. The molecule has 1 N–H and O–H groups in total. The Morgan fingerprint density at radius 3 is 2.95 bits per heavy atom. The molecule has 6 nitrogen and oxygen atoms in total. The second kappa shape index (κ2) is 4.75. The number of carboxylic acids is 1. The zero-order valence-corrected chi connectivity index (χ0v) is 11.6. The van der Waals surface area contributed by atoms with Crippen LogP contribution in [0.5, 0.6) is 5.75 Å². The molecule has 0 unspecified atom stereocenters. The van der Waals surface area contributed by atoms with Crippen LogP contribution >= 0.6 is 0 Å². The van der Waals surface area contributed by atoms with E-state index in [0.29, 0.717) is 31.6 Å². The molecule has 108 valence electrons. The van der Waals surface area contributed by atoms with E-state index in [1.165, 1.54) is 6.07 Å². The first kappa shape index (κ1) is 13.4. The second-order valence-corrected chi connectivity index (χ2v) is 6.87. The number of hydrogen-bond donors (Lipinski definition) is 1. The van der Waals surface area contributed by atoms with E-state index in [-0.39, 0.29) is 11.4 Å². The van der Waals surface area contributed by atoms with Crippen LogP contribution in [0.2, 0.25) is 0 Å². The molecule has 3 rings (SSSR count). The predicted octanol–water partition coefficient (Wildman–Crippen LogP) is 0.859. The number of carbonyl (C=O) groups is 1. The van der Waals surface area contributed by atoms with Gasteiger partial charge in [0.2, 0.25) is 10.0 Å². The van der Waals surface area contributed by atoms with E-state index < -0.39 is 22.0 Å². The minimum absolute atomic E-state index is 0.148. The average molecular weight is 297 g/mol. The summed E-state index contributed by atoms with van der Waals surface area (Å²) in [5, 5.41) is 9.12. The highest BCUT2D eigenvalue weighted by molar-refractivity contribution is 7.89. The molecule has 7 heteroatoms. The molecular formula is C13H15NO5S. The molecule has 1 fully saturated rings. The SMILES string of the molecule is O=C(O)[C@@H]1CCCN1S(=O)(=O)c1ccc2c(c1)CCO2. The van der Waals surface area contributed by atoms with E-state index in [2.05, 4.69) is 0 Å². The summed E-state index contributed by atoms with van der Waals surface area (Å²) in [6.45, 7) is 0.813. The van der Waals surface area contributed by atoms with Gasteiger partial charge in [-0.25, -0.2) is 8.42 Å². The molecule has 1 aromatic rings. The molecule has 2 aliphatic heterocycles. The van der Waals surface area contributed by atoms with Crippen LogP contribution in [0.3, 0.4) is 0 Å². The van der Waals surface area contributed by atoms with Gasteiger partial charge in [-0.3, -0.25) is 4.79 Å². The maximum Gasteiger partial charge on any atom is 0.322 e. The number of sulfonamides is 1. The molecule has 0 aliphatic carbocycles. The smallest absolute Gasteiger partial charge is 0.322 e. The third-order valence-corrected chi connectivity index (χ3v) is 5.66. The van der Waals surface area contributed by atoms with E-state index in [9.17, 15) is 13.2 Å². The first-order valence-electron chi connectivity index (χ1n) is 6.50. The highest BCUT2D eigenvalue weighted by atomic mass is 32.2. The summed E-state index contributed by atoms with van der Waals surface area (Å²) in [4.78, 5) is 11.3. The van der Waals surface area contributed by atoms with Gasteiger partial charge in [0.25, 0.3) is 0 Å². The lowest BCUT2D eigenvalue weighted by Crippen LogP contribution is -2.40. The van der Waals surface area contributed by atoms with Crippen LogP contribution in [0.1, 0.15) is 18.4 Å². The third-order valence-electron chi connectivity index (χ3n) is 3.76. The fourth-order valence-corrected chi connectivity index (χ4v) is 4.44. The molecule has 1 atom stereocenters. The number of ether oxygens (including phenoxy) is 1. The normalized spacial score (nSPS) is 22.5. The molecule has 0 aromatic heterocycles. The van der Waals surface area contributed by atoms with E-state index in [0.717, 1.165) is 9.87 Å². The van der Waals surface area contributed by atoms with Crippen molar-refractivity contribution in [2.24, 2.45) is 0 Å². The molecule has 0 radical (unpaired) electrons. The van der Waals surface area contributed by atoms with Crippen LogP contribution in [-0.4, -0.2) is 43.0 Å². The number of benzene rings is 1. The van der Waals surface area contributed by atoms with E-state index in [1.807, 2.05) is 0 Å². The Balaban J connectivity index is 1.97. The lowest BCUT2D eigenvalue weighted by molar-refractivity contribution is -0.140. The van der Waals surface area contributed by atoms with Crippen molar-refractivity contribution >= 4 is 16.0 Å². The quantitative estimate of drug-likeness (QED) is 0.894. The van der Waals surface area contributed by atoms with Crippen LogP contribution in [0, 0.1) is 0 Å². The van der Waals surface area contributed by atoms with Crippen LogP contribution in [0.15, 0.2) is 23.1 Å². The van der Waals surface area contributed by atoms with Gasteiger partial charge in [0.1, 0.15) is 11.8 Å². The number of carboxylic acid groups (broad SMARTS) is 1. The van der Waals surface area contributed by atoms with Crippen molar-refractivity contribution in [2.75, 3.05) is 13.2 Å². The van der Waals surface area contributed by atoms with Crippen molar-refractivity contribution in [3.8, 4) is 5.75 Å². The summed E-state index contributed by atoms with van der Waals surface area (Å²) < 4.78 is 31.6. The number of nitrogens with zero attached hydrogens (tertiary/aromatic N) is 1. The summed E-state index contributed by atoms with van der Waals surface area (Å²) in [7, 11) is -3.76. The Bertz CT molecular complexity index is 655. The molecule has 20 heavy (non-hydrogen) atoms. The Kier molecular flexibility index (Phi) is 3.18. The van der Waals surface area contributed by atoms with Crippen molar-refractivity contribution in [1.82, 2.24) is 4.31 Å². The molecule has 1 saturated heterocycles. The van der Waals surface area contributed by atoms with Crippen LogP contribution in [-0.2, 0) is 21.2 Å². The summed E-state index contributed by atoms with van der Waals surface area (Å²) in [6.07, 6.45) is 1.62. The van der Waals surface area contributed by atoms with E-state index in [4.69, 9.17) is 9.84 Å². The van der Waals surface area contributed by atoms with Gasteiger partial charge < -0.3 is 9.84 Å². The Morgan fingerprint density at radius 2 is 2.20 bits per heavy atom. The average Bonchev–Trinajstić information content (AvgIpc) is 3.06. The molecule has 1 aromatic carbocycles. The standard InChI is InChI=1S/C13H15NO5S/c15-13(16)11-2-1-6-14(11)20(17,18)10-3-4-12-9(8-10)5-7-19-12/h3-4,8,11H,1-2,5-7H2,(H,15,16)/t11-/m0/s1. The molecule has 0 amide bonds. The zero-order valence-electron chi connectivity index (χ0n) is 10.8.